The molecule has 0 atom stereocenters. The number of nitrogens with zero attached hydrogens (tertiary/aromatic N) is 4. The lowest BCUT2D eigenvalue weighted by Gasteiger charge is -2.34. The Labute approximate surface area is 150 Å². The summed E-state index contributed by atoms with van der Waals surface area (Å²) in [5, 5.41) is 5.96. The number of carbonyl (C=O) groups excluding carboxylic acids is 2. The third kappa shape index (κ3) is 4.23. The Morgan fingerprint density at radius 1 is 1.40 bits per heavy atom. The van der Waals surface area contributed by atoms with Crippen molar-refractivity contribution >= 4 is 29.6 Å². The Morgan fingerprint density at radius 3 is 2.84 bits per heavy atom. The van der Waals surface area contributed by atoms with E-state index in [4.69, 9.17) is 4.74 Å². The van der Waals surface area contributed by atoms with E-state index in [2.05, 4.69) is 20.2 Å². The van der Waals surface area contributed by atoms with Crippen molar-refractivity contribution < 1.29 is 14.3 Å². The van der Waals surface area contributed by atoms with Crippen molar-refractivity contribution in [1.29, 1.82) is 0 Å². The van der Waals surface area contributed by atoms with Crippen LogP contribution in [-0.2, 0) is 14.3 Å². The quantitative estimate of drug-likeness (QED) is 0.569. The van der Waals surface area contributed by atoms with Crippen LogP contribution in [0.3, 0.4) is 0 Å². The molecule has 3 heterocycles. The van der Waals surface area contributed by atoms with Gasteiger partial charge in [0.25, 0.3) is 0 Å². The molecule has 1 aromatic heterocycles. The first-order chi connectivity index (χ1) is 12.2. The highest BCUT2D eigenvalue weighted by Gasteiger charge is 2.26. The summed E-state index contributed by atoms with van der Waals surface area (Å²) >= 11 is 1.50. The zero-order valence-electron chi connectivity index (χ0n) is 14.1. The maximum Gasteiger partial charge on any atom is 0.337 e. The van der Waals surface area contributed by atoms with Gasteiger partial charge in [-0.25, -0.2) is 9.78 Å². The third-order valence-corrected chi connectivity index (χ3v) is 4.90. The first-order valence-corrected chi connectivity index (χ1v) is 9.11. The largest absolute Gasteiger partial charge is 0.463 e. The monoisotopic (exact) mass is 363 g/mol. The minimum absolute atomic E-state index is 0.282. The molecule has 1 saturated heterocycles. The Kier molecular flexibility index (Phi) is 5.77. The van der Waals surface area contributed by atoms with Gasteiger partial charge in [-0.05, 0) is 6.92 Å². The molecule has 1 N–H and O–H groups in total. The number of carbonyl (C=O) groups is 2. The molecular formula is C16H21N5O3S. The maximum absolute atomic E-state index is 12.3. The van der Waals surface area contributed by atoms with Gasteiger partial charge in [0.15, 0.2) is 10.8 Å². The van der Waals surface area contributed by atoms with Gasteiger partial charge in [-0.2, -0.15) is 0 Å². The van der Waals surface area contributed by atoms with Gasteiger partial charge >= 0.3 is 5.97 Å². The molecule has 0 saturated carbocycles. The lowest BCUT2D eigenvalue weighted by Crippen LogP contribution is -2.48. The van der Waals surface area contributed by atoms with Crippen molar-refractivity contribution in [1.82, 2.24) is 20.1 Å². The van der Waals surface area contributed by atoms with Crippen molar-refractivity contribution in [3.05, 3.63) is 27.9 Å². The van der Waals surface area contributed by atoms with Crippen LogP contribution in [0.25, 0.3) is 0 Å². The second-order valence-corrected chi connectivity index (χ2v) is 6.62. The molecule has 25 heavy (non-hydrogen) atoms. The van der Waals surface area contributed by atoms with Crippen LogP contribution >= 0.6 is 11.3 Å². The number of thiazole rings is 1. The molecule has 0 radical (unpaired) electrons. The molecule has 9 heteroatoms. The number of aliphatic imine (C=N–C) groups is 1. The smallest absolute Gasteiger partial charge is 0.337 e. The number of hydrogen-bond donors (Lipinski definition) is 1. The van der Waals surface area contributed by atoms with Crippen LogP contribution < -0.4 is 5.32 Å². The second-order valence-electron chi connectivity index (χ2n) is 5.72. The van der Waals surface area contributed by atoms with Gasteiger partial charge < -0.3 is 15.0 Å². The van der Waals surface area contributed by atoms with Gasteiger partial charge in [0, 0.05) is 50.0 Å². The van der Waals surface area contributed by atoms with E-state index in [0.717, 1.165) is 30.2 Å². The average molecular weight is 363 g/mol. The van der Waals surface area contributed by atoms with Crippen LogP contribution in [-0.4, -0.2) is 78.9 Å². The molecule has 134 valence electrons. The van der Waals surface area contributed by atoms with Crippen molar-refractivity contribution in [2.45, 2.75) is 6.92 Å². The summed E-state index contributed by atoms with van der Waals surface area (Å²) < 4.78 is 5.17. The standard InChI is InChI=1S/C16H21N5O3S/c1-2-24-16(23)12-9-18-14(15-17-3-8-25-15)19-13(12)10-20-4-6-21(11-22)7-5-20/h3,8,11H,2,4-7,9-10H2,1H3,(H,18,19). The molecule has 1 aromatic rings. The van der Waals surface area contributed by atoms with Gasteiger partial charge in [-0.15, -0.1) is 11.3 Å². The topological polar surface area (TPSA) is 87.1 Å². The summed E-state index contributed by atoms with van der Waals surface area (Å²) in [6.07, 6.45) is 2.61. The number of piperazine rings is 1. The SMILES string of the molecule is CCOC(=O)C1=C(CN2CCN(C=O)CC2)NC(c2nccs2)=NC1. The van der Waals surface area contributed by atoms with E-state index < -0.39 is 0 Å². The van der Waals surface area contributed by atoms with Crippen molar-refractivity contribution in [3.8, 4) is 0 Å². The van der Waals surface area contributed by atoms with E-state index in [1.165, 1.54) is 11.3 Å². The molecule has 0 bridgehead atoms. The van der Waals surface area contributed by atoms with Gasteiger partial charge in [-0.3, -0.25) is 14.7 Å². The lowest BCUT2D eigenvalue weighted by atomic mass is 10.1. The molecule has 0 unspecified atom stereocenters. The van der Waals surface area contributed by atoms with E-state index in [-0.39, 0.29) is 12.5 Å². The van der Waals surface area contributed by atoms with Gasteiger partial charge in [0.05, 0.1) is 18.7 Å². The summed E-state index contributed by atoms with van der Waals surface area (Å²) in [6.45, 7) is 5.91. The van der Waals surface area contributed by atoms with Crippen LogP contribution in [0.2, 0.25) is 0 Å². The van der Waals surface area contributed by atoms with E-state index in [1.807, 2.05) is 5.38 Å². The highest BCUT2D eigenvalue weighted by molar-refractivity contribution is 7.11. The average Bonchev–Trinajstić information content (AvgIpc) is 3.17. The zero-order valence-corrected chi connectivity index (χ0v) is 14.9. The summed E-state index contributed by atoms with van der Waals surface area (Å²) in [7, 11) is 0. The molecule has 3 rings (SSSR count). The third-order valence-electron chi connectivity index (χ3n) is 4.12. The molecule has 2 aliphatic rings. The van der Waals surface area contributed by atoms with E-state index >= 15 is 0 Å². The minimum Gasteiger partial charge on any atom is -0.463 e. The fourth-order valence-electron chi connectivity index (χ4n) is 2.76. The molecule has 8 nitrogen and oxygen atoms in total. The fraction of sp³-hybridized carbons (Fsp3) is 0.500. The number of ether oxygens (including phenoxy) is 1. The molecular weight excluding hydrogens is 342 g/mol. The van der Waals surface area contributed by atoms with Crippen LogP contribution in [0.1, 0.15) is 11.9 Å². The predicted molar refractivity (Wildman–Crippen MR) is 94.4 cm³/mol. The Balaban J connectivity index is 1.74. The number of rotatable bonds is 6. The molecule has 0 aromatic carbocycles. The predicted octanol–water partition coefficient (Wildman–Crippen LogP) is 0.0841. The van der Waals surface area contributed by atoms with Gasteiger partial charge in [-0.1, -0.05) is 0 Å². The van der Waals surface area contributed by atoms with Crippen molar-refractivity contribution in [3.63, 3.8) is 0 Å². The highest BCUT2D eigenvalue weighted by atomic mass is 32.1. The normalized spacial score (nSPS) is 18.6. The molecule has 0 aliphatic carbocycles. The number of aromatic nitrogens is 1. The number of esters is 1. The Hall–Kier alpha value is -2.26. The molecule has 2 aliphatic heterocycles. The Bertz CT molecular complexity index is 678. The Morgan fingerprint density at radius 2 is 2.20 bits per heavy atom. The van der Waals surface area contributed by atoms with E-state index in [9.17, 15) is 9.59 Å². The number of nitrogens with one attached hydrogen (secondary N) is 1. The lowest BCUT2D eigenvalue weighted by molar-refractivity contribution is -0.138. The summed E-state index contributed by atoms with van der Waals surface area (Å²) in [4.78, 5) is 35.8. The minimum atomic E-state index is -0.335. The van der Waals surface area contributed by atoms with Crippen molar-refractivity contribution in [2.24, 2.45) is 4.99 Å². The maximum atomic E-state index is 12.3. The summed E-state index contributed by atoms with van der Waals surface area (Å²) in [5.74, 6) is 0.350. The molecule has 1 fully saturated rings. The summed E-state index contributed by atoms with van der Waals surface area (Å²) in [5.41, 5.74) is 1.36. The number of hydrogen-bond acceptors (Lipinski definition) is 8. The number of amides is 1. The van der Waals surface area contributed by atoms with Gasteiger partial charge in [0.2, 0.25) is 6.41 Å². The van der Waals surface area contributed by atoms with Crippen molar-refractivity contribution in [2.75, 3.05) is 45.9 Å². The van der Waals surface area contributed by atoms with Crippen LogP contribution in [0.15, 0.2) is 27.8 Å². The highest BCUT2D eigenvalue weighted by Crippen LogP contribution is 2.16. The van der Waals surface area contributed by atoms with E-state index in [0.29, 0.717) is 37.6 Å². The van der Waals surface area contributed by atoms with Crippen LogP contribution in [0, 0.1) is 0 Å². The number of amidine groups is 1. The van der Waals surface area contributed by atoms with Gasteiger partial charge in [0.1, 0.15) is 0 Å². The van der Waals surface area contributed by atoms with E-state index in [1.54, 1.807) is 18.0 Å². The fourth-order valence-corrected chi connectivity index (χ4v) is 3.36. The first-order valence-electron chi connectivity index (χ1n) is 8.23. The summed E-state index contributed by atoms with van der Waals surface area (Å²) in [6, 6.07) is 0. The van der Waals surface area contributed by atoms with Crippen LogP contribution in [0.5, 0.6) is 0 Å². The van der Waals surface area contributed by atoms with Crippen LogP contribution in [0.4, 0.5) is 0 Å². The molecule has 0 spiro atoms. The second kappa shape index (κ2) is 8.21. The first kappa shape index (κ1) is 17.6. The zero-order chi connectivity index (χ0) is 17.6. The molecule has 1 amide bonds.